The van der Waals surface area contributed by atoms with Crippen LogP contribution in [0.1, 0.15) is 0 Å². The molecule has 2 aromatic rings. The van der Waals surface area contributed by atoms with Gasteiger partial charge in [0.2, 0.25) is 5.95 Å². The Morgan fingerprint density at radius 2 is 2.20 bits per heavy atom. The van der Waals surface area contributed by atoms with Crippen LogP contribution in [0, 0.1) is 0 Å². The summed E-state index contributed by atoms with van der Waals surface area (Å²) in [6.45, 7) is 4.19. The van der Waals surface area contributed by atoms with E-state index in [1.54, 1.807) is 6.08 Å². The quantitative estimate of drug-likeness (QED) is 0.665. The Labute approximate surface area is 90.2 Å². The Kier molecular flexibility index (Phi) is 2.38. The van der Waals surface area contributed by atoms with Gasteiger partial charge in [-0.1, -0.05) is 6.08 Å². The van der Waals surface area contributed by atoms with Crippen molar-refractivity contribution in [3.8, 4) is 0 Å². The monoisotopic (exact) mass is 222 g/mol. The Balaban J connectivity index is 2.58. The van der Waals surface area contributed by atoms with Crippen LogP contribution in [-0.2, 0) is 0 Å². The topological polar surface area (TPSA) is 103 Å². The van der Waals surface area contributed by atoms with Crippen molar-refractivity contribution in [3.05, 3.63) is 12.7 Å². The van der Waals surface area contributed by atoms with Crippen LogP contribution in [0.2, 0.25) is 0 Å². The van der Waals surface area contributed by atoms with Crippen molar-refractivity contribution in [3.63, 3.8) is 0 Å². The molecule has 7 heteroatoms. The molecular formula is C8H10N6S. The standard InChI is InChI=1S/C8H10N6S/c1-2-3-11-6-4-5(9)15-14-7(4)13-8(10)12-6/h2H,1,3,9H2,(H3,10,11,12,13,14). The molecule has 15 heavy (non-hydrogen) atoms. The van der Waals surface area contributed by atoms with E-state index in [-0.39, 0.29) is 5.95 Å². The average Bonchev–Trinajstić information content (AvgIpc) is 2.56. The van der Waals surface area contributed by atoms with Gasteiger partial charge in [-0.3, -0.25) is 0 Å². The van der Waals surface area contributed by atoms with E-state index in [1.165, 1.54) is 11.5 Å². The minimum absolute atomic E-state index is 0.180. The van der Waals surface area contributed by atoms with E-state index >= 15 is 0 Å². The highest BCUT2D eigenvalue weighted by Gasteiger charge is 2.11. The molecule has 0 spiro atoms. The van der Waals surface area contributed by atoms with Gasteiger partial charge >= 0.3 is 0 Å². The minimum Gasteiger partial charge on any atom is -0.389 e. The Hall–Kier alpha value is -1.89. The van der Waals surface area contributed by atoms with Crippen molar-refractivity contribution >= 4 is 39.3 Å². The third kappa shape index (κ3) is 1.68. The lowest BCUT2D eigenvalue weighted by molar-refractivity contribution is 1.19. The SMILES string of the molecule is C=CCNc1nc(N)nc2nsc(N)c12. The highest BCUT2D eigenvalue weighted by Crippen LogP contribution is 2.29. The maximum atomic E-state index is 5.77. The number of hydrogen-bond acceptors (Lipinski definition) is 7. The summed E-state index contributed by atoms with van der Waals surface area (Å²) in [5.74, 6) is 0.781. The smallest absolute Gasteiger partial charge is 0.224 e. The molecule has 0 aliphatic rings. The summed E-state index contributed by atoms with van der Waals surface area (Å²) in [5, 5.41) is 4.34. The van der Waals surface area contributed by atoms with Crippen molar-refractivity contribution in [2.45, 2.75) is 0 Å². The van der Waals surface area contributed by atoms with Gasteiger partial charge in [0, 0.05) is 6.54 Å². The van der Waals surface area contributed by atoms with Gasteiger partial charge in [-0.05, 0) is 11.5 Å². The average molecular weight is 222 g/mol. The van der Waals surface area contributed by atoms with Crippen LogP contribution in [0.4, 0.5) is 16.8 Å². The predicted octanol–water partition coefficient (Wildman–Crippen LogP) is 0.849. The second-order valence-electron chi connectivity index (χ2n) is 2.85. The molecular weight excluding hydrogens is 212 g/mol. The molecule has 0 aliphatic heterocycles. The van der Waals surface area contributed by atoms with Gasteiger partial charge in [-0.15, -0.1) is 6.58 Å². The first kappa shape index (κ1) is 9.66. The summed E-state index contributed by atoms with van der Waals surface area (Å²) in [5.41, 5.74) is 11.8. The van der Waals surface area contributed by atoms with E-state index in [1.807, 2.05) is 0 Å². The molecule has 0 saturated carbocycles. The zero-order valence-corrected chi connectivity index (χ0v) is 8.71. The highest BCUT2D eigenvalue weighted by atomic mass is 32.1. The van der Waals surface area contributed by atoms with Crippen LogP contribution >= 0.6 is 11.5 Å². The van der Waals surface area contributed by atoms with Gasteiger partial charge in [0.25, 0.3) is 0 Å². The van der Waals surface area contributed by atoms with Gasteiger partial charge < -0.3 is 16.8 Å². The van der Waals surface area contributed by atoms with Crippen molar-refractivity contribution in [1.29, 1.82) is 0 Å². The maximum absolute atomic E-state index is 5.77. The molecule has 5 N–H and O–H groups in total. The van der Waals surface area contributed by atoms with E-state index in [0.29, 0.717) is 23.0 Å². The van der Waals surface area contributed by atoms with Crippen LogP contribution in [0.5, 0.6) is 0 Å². The summed E-state index contributed by atoms with van der Waals surface area (Å²) in [6.07, 6.45) is 1.72. The number of hydrogen-bond donors (Lipinski definition) is 3. The van der Waals surface area contributed by atoms with Crippen molar-refractivity contribution < 1.29 is 0 Å². The lowest BCUT2D eigenvalue weighted by Gasteiger charge is -2.04. The molecule has 0 unspecified atom stereocenters. The van der Waals surface area contributed by atoms with E-state index in [4.69, 9.17) is 11.5 Å². The summed E-state index contributed by atoms with van der Waals surface area (Å²) in [4.78, 5) is 8.05. The Morgan fingerprint density at radius 3 is 2.93 bits per heavy atom. The van der Waals surface area contributed by atoms with Gasteiger partial charge in [-0.25, -0.2) is 0 Å². The van der Waals surface area contributed by atoms with E-state index < -0.39 is 0 Å². The number of fused-ring (bicyclic) bond motifs is 1. The molecule has 0 aromatic carbocycles. The van der Waals surface area contributed by atoms with Crippen LogP contribution in [0.15, 0.2) is 12.7 Å². The Morgan fingerprint density at radius 1 is 1.40 bits per heavy atom. The van der Waals surface area contributed by atoms with Crippen LogP contribution in [-0.4, -0.2) is 20.9 Å². The van der Waals surface area contributed by atoms with Crippen LogP contribution in [0.3, 0.4) is 0 Å². The lowest BCUT2D eigenvalue weighted by Crippen LogP contribution is -2.05. The molecule has 6 nitrogen and oxygen atoms in total. The fourth-order valence-electron chi connectivity index (χ4n) is 1.19. The van der Waals surface area contributed by atoms with Crippen LogP contribution < -0.4 is 16.8 Å². The maximum Gasteiger partial charge on any atom is 0.224 e. The lowest BCUT2D eigenvalue weighted by atomic mass is 10.3. The summed E-state index contributed by atoms with van der Waals surface area (Å²) in [6, 6.07) is 0. The minimum atomic E-state index is 0.180. The number of nitrogens with zero attached hydrogens (tertiary/aromatic N) is 3. The second-order valence-corrected chi connectivity index (χ2v) is 3.65. The highest BCUT2D eigenvalue weighted by molar-refractivity contribution is 7.11. The molecule has 0 saturated heterocycles. The van der Waals surface area contributed by atoms with E-state index in [0.717, 1.165) is 5.39 Å². The molecule has 2 rings (SSSR count). The number of nitrogens with two attached hydrogens (primary N) is 2. The first-order valence-corrected chi connectivity index (χ1v) is 5.03. The van der Waals surface area contributed by atoms with Gasteiger partial charge in [-0.2, -0.15) is 14.3 Å². The summed E-state index contributed by atoms with van der Waals surface area (Å²) < 4.78 is 4.07. The van der Waals surface area contributed by atoms with Crippen molar-refractivity contribution in [2.75, 3.05) is 23.3 Å². The second kappa shape index (κ2) is 3.70. The molecule has 0 aliphatic carbocycles. The van der Waals surface area contributed by atoms with Gasteiger partial charge in [0.1, 0.15) is 10.8 Å². The molecule has 0 radical (unpaired) electrons. The van der Waals surface area contributed by atoms with E-state index in [2.05, 4.69) is 26.2 Å². The van der Waals surface area contributed by atoms with Crippen LogP contribution in [0.25, 0.3) is 11.0 Å². The number of nitrogen functional groups attached to an aromatic ring is 2. The largest absolute Gasteiger partial charge is 0.389 e. The first-order chi connectivity index (χ1) is 7.22. The number of aromatic nitrogens is 3. The predicted molar refractivity (Wildman–Crippen MR) is 62.7 cm³/mol. The molecule has 0 fully saturated rings. The third-order valence-electron chi connectivity index (χ3n) is 1.80. The van der Waals surface area contributed by atoms with Crippen molar-refractivity contribution in [1.82, 2.24) is 14.3 Å². The zero-order valence-electron chi connectivity index (χ0n) is 7.90. The fraction of sp³-hybridized carbons (Fsp3) is 0.125. The number of rotatable bonds is 3. The van der Waals surface area contributed by atoms with E-state index in [9.17, 15) is 0 Å². The third-order valence-corrected chi connectivity index (χ3v) is 2.46. The molecule has 2 heterocycles. The molecule has 2 aromatic heterocycles. The molecule has 78 valence electrons. The summed E-state index contributed by atoms with van der Waals surface area (Å²) in [7, 11) is 0. The zero-order chi connectivity index (χ0) is 10.8. The normalized spacial score (nSPS) is 10.4. The van der Waals surface area contributed by atoms with Gasteiger partial charge in [0.15, 0.2) is 5.65 Å². The molecule has 0 atom stereocenters. The molecule has 0 amide bonds. The fourth-order valence-corrected chi connectivity index (χ4v) is 1.79. The number of nitrogens with one attached hydrogen (secondary N) is 1. The Bertz CT molecular complexity index is 505. The number of anilines is 3. The van der Waals surface area contributed by atoms with Crippen molar-refractivity contribution in [2.24, 2.45) is 0 Å². The molecule has 0 bridgehead atoms. The summed E-state index contributed by atoms with van der Waals surface area (Å²) >= 11 is 1.18. The van der Waals surface area contributed by atoms with Gasteiger partial charge in [0.05, 0.1) is 5.39 Å². The first-order valence-electron chi connectivity index (χ1n) is 4.25.